The molecule has 0 fully saturated rings. The third-order valence-electron chi connectivity index (χ3n) is 4.83. The van der Waals surface area contributed by atoms with Crippen LogP contribution in [0.1, 0.15) is 27.0 Å². The molecule has 2 aromatic carbocycles. The molecule has 4 rings (SSSR count). The fourth-order valence-electron chi connectivity index (χ4n) is 3.53. The molecule has 1 amide bonds. The zero-order valence-corrected chi connectivity index (χ0v) is 17.4. The molecule has 150 valence electrons. The number of halogens is 1. The lowest BCUT2D eigenvalue weighted by molar-refractivity contribution is 0.102. The minimum Gasteiger partial charge on any atom is -0.322 e. The number of aromatic nitrogens is 2. The Hall–Kier alpha value is -3.44. The standard InChI is InChI=1S/C24H20ClN3O2/c1-15-10-16(2)12-20(11-15)27-23(29)21-13-18-4-3-9-26-22(18)28(24(21)30)14-17-5-7-19(25)8-6-17/h3-13H,14H2,1-2H3,(H,27,29). The lowest BCUT2D eigenvalue weighted by Crippen LogP contribution is -2.30. The number of carbonyl (C=O) groups is 1. The van der Waals surface area contributed by atoms with E-state index in [1.165, 1.54) is 4.57 Å². The highest BCUT2D eigenvalue weighted by molar-refractivity contribution is 6.30. The highest BCUT2D eigenvalue weighted by Crippen LogP contribution is 2.17. The molecular weight excluding hydrogens is 398 g/mol. The predicted octanol–water partition coefficient (Wildman–Crippen LogP) is 4.97. The largest absolute Gasteiger partial charge is 0.322 e. The van der Waals surface area contributed by atoms with Gasteiger partial charge in [-0.1, -0.05) is 29.8 Å². The molecule has 0 radical (unpaired) electrons. The fourth-order valence-corrected chi connectivity index (χ4v) is 3.66. The molecule has 2 heterocycles. The number of aryl methyl sites for hydroxylation is 2. The first-order chi connectivity index (χ1) is 14.4. The molecule has 0 bridgehead atoms. The van der Waals surface area contributed by atoms with Gasteiger partial charge in [0, 0.05) is 22.3 Å². The number of nitrogens with zero attached hydrogens (tertiary/aromatic N) is 2. The smallest absolute Gasteiger partial charge is 0.265 e. The van der Waals surface area contributed by atoms with Crippen molar-refractivity contribution in [1.29, 1.82) is 0 Å². The van der Waals surface area contributed by atoms with Crippen molar-refractivity contribution in [1.82, 2.24) is 9.55 Å². The van der Waals surface area contributed by atoms with Crippen molar-refractivity contribution >= 4 is 34.2 Å². The summed E-state index contributed by atoms with van der Waals surface area (Å²) >= 11 is 5.97. The summed E-state index contributed by atoms with van der Waals surface area (Å²) in [5, 5.41) is 4.19. The summed E-state index contributed by atoms with van der Waals surface area (Å²) < 4.78 is 1.52. The first-order valence-electron chi connectivity index (χ1n) is 9.53. The van der Waals surface area contributed by atoms with Gasteiger partial charge in [0.05, 0.1) is 6.54 Å². The molecule has 0 atom stereocenters. The fraction of sp³-hybridized carbons (Fsp3) is 0.125. The number of carbonyl (C=O) groups excluding carboxylic acids is 1. The number of hydrogen-bond acceptors (Lipinski definition) is 3. The minimum atomic E-state index is -0.444. The van der Waals surface area contributed by atoms with Crippen molar-refractivity contribution in [3.8, 4) is 0 Å². The number of hydrogen-bond donors (Lipinski definition) is 1. The lowest BCUT2D eigenvalue weighted by atomic mass is 10.1. The topological polar surface area (TPSA) is 64.0 Å². The quantitative estimate of drug-likeness (QED) is 0.510. The molecule has 0 aliphatic carbocycles. The van der Waals surface area contributed by atoms with Crippen molar-refractivity contribution < 1.29 is 4.79 Å². The van der Waals surface area contributed by atoms with Crippen LogP contribution in [0, 0.1) is 13.8 Å². The Balaban J connectivity index is 1.78. The monoisotopic (exact) mass is 417 g/mol. The van der Waals surface area contributed by atoms with Crippen molar-refractivity contribution in [2.75, 3.05) is 5.32 Å². The zero-order valence-electron chi connectivity index (χ0n) is 16.6. The Kier molecular flexibility index (Phi) is 5.38. The summed E-state index contributed by atoms with van der Waals surface area (Å²) in [7, 11) is 0. The zero-order chi connectivity index (χ0) is 21.3. The van der Waals surface area contributed by atoms with Crippen molar-refractivity contribution in [2.45, 2.75) is 20.4 Å². The maximum atomic E-state index is 13.3. The van der Waals surface area contributed by atoms with Gasteiger partial charge in [0.15, 0.2) is 0 Å². The van der Waals surface area contributed by atoms with Crippen LogP contribution in [-0.2, 0) is 6.54 Å². The van der Waals surface area contributed by atoms with Gasteiger partial charge in [-0.15, -0.1) is 0 Å². The number of fused-ring (bicyclic) bond motifs is 1. The second kappa shape index (κ2) is 8.13. The summed E-state index contributed by atoms with van der Waals surface area (Å²) in [6.07, 6.45) is 1.63. The summed E-state index contributed by atoms with van der Waals surface area (Å²) in [6.45, 7) is 4.21. The molecule has 6 heteroatoms. The van der Waals surface area contributed by atoms with Crippen LogP contribution in [0.25, 0.3) is 11.0 Å². The molecule has 1 N–H and O–H groups in total. The van der Waals surface area contributed by atoms with E-state index in [2.05, 4.69) is 10.3 Å². The number of pyridine rings is 2. The second-order valence-corrected chi connectivity index (χ2v) is 7.76. The van der Waals surface area contributed by atoms with Crippen LogP contribution in [0.5, 0.6) is 0 Å². The van der Waals surface area contributed by atoms with E-state index in [0.717, 1.165) is 22.1 Å². The number of benzene rings is 2. The SMILES string of the molecule is Cc1cc(C)cc(NC(=O)c2cc3cccnc3n(Cc3ccc(Cl)cc3)c2=O)c1. The van der Waals surface area contributed by atoms with Gasteiger partial charge in [-0.3, -0.25) is 14.2 Å². The van der Waals surface area contributed by atoms with Crippen LogP contribution in [0.2, 0.25) is 5.02 Å². The lowest BCUT2D eigenvalue weighted by Gasteiger charge is -2.13. The van der Waals surface area contributed by atoms with Crippen molar-refractivity contribution in [2.24, 2.45) is 0 Å². The van der Waals surface area contributed by atoms with E-state index in [9.17, 15) is 9.59 Å². The van der Waals surface area contributed by atoms with Crippen molar-refractivity contribution in [3.63, 3.8) is 0 Å². The number of amides is 1. The van der Waals surface area contributed by atoms with E-state index in [1.54, 1.807) is 30.5 Å². The average molecular weight is 418 g/mol. The van der Waals surface area contributed by atoms with E-state index in [1.807, 2.05) is 50.2 Å². The van der Waals surface area contributed by atoms with Gasteiger partial charge in [-0.05, 0) is 73.0 Å². The Morgan fingerprint density at radius 2 is 1.73 bits per heavy atom. The van der Waals surface area contributed by atoms with Crippen LogP contribution in [0.4, 0.5) is 5.69 Å². The molecule has 2 aromatic heterocycles. The molecule has 5 nitrogen and oxygen atoms in total. The van der Waals surface area contributed by atoms with Gasteiger partial charge < -0.3 is 5.32 Å². The highest BCUT2D eigenvalue weighted by Gasteiger charge is 2.17. The molecule has 30 heavy (non-hydrogen) atoms. The normalized spacial score (nSPS) is 10.9. The molecular formula is C24H20ClN3O2. The third kappa shape index (κ3) is 4.11. The van der Waals surface area contributed by atoms with E-state index in [0.29, 0.717) is 16.4 Å². The van der Waals surface area contributed by atoms with E-state index >= 15 is 0 Å². The van der Waals surface area contributed by atoms with Gasteiger partial charge in [0.25, 0.3) is 11.5 Å². The van der Waals surface area contributed by atoms with Gasteiger partial charge in [-0.2, -0.15) is 0 Å². The van der Waals surface area contributed by atoms with Crippen LogP contribution >= 0.6 is 11.6 Å². The molecule has 0 spiro atoms. The first kappa shape index (κ1) is 19.9. The van der Waals surface area contributed by atoms with Crippen LogP contribution in [0.3, 0.4) is 0 Å². The molecule has 0 saturated carbocycles. The Morgan fingerprint density at radius 1 is 1.03 bits per heavy atom. The Labute approximate surface area is 179 Å². The Bertz CT molecular complexity index is 1290. The Morgan fingerprint density at radius 3 is 2.43 bits per heavy atom. The summed E-state index contributed by atoms with van der Waals surface area (Å²) in [6, 6.07) is 18.2. The van der Waals surface area contributed by atoms with Gasteiger partial charge >= 0.3 is 0 Å². The van der Waals surface area contributed by atoms with E-state index in [4.69, 9.17) is 11.6 Å². The molecule has 0 saturated heterocycles. The second-order valence-electron chi connectivity index (χ2n) is 7.32. The van der Waals surface area contributed by atoms with Crippen molar-refractivity contribution in [3.05, 3.63) is 104 Å². The number of nitrogens with one attached hydrogen (secondary N) is 1. The molecule has 0 aliphatic heterocycles. The summed E-state index contributed by atoms with van der Waals surface area (Å²) in [5.74, 6) is -0.444. The molecule has 0 aliphatic rings. The highest BCUT2D eigenvalue weighted by atomic mass is 35.5. The van der Waals surface area contributed by atoms with Crippen LogP contribution < -0.4 is 10.9 Å². The van der Waals surface area contributed by atoms with Crippen LogP contribution in [0.15, 0.2) is 71.7 Å². The maximum Gasteiger partial charge on any atom is 0.265 e. The minimum absolute atomic E-state index is 0.0728. The summed E-state index contributed by atoms with van der Waals surface area (Å²) in [5.41, 5.74) is 3.83. The first-order valence-corrected chi connectivity index (χ1v) is 9.91. The maximum absolute atomic E-state index is 13.3. The number of anilines is 1. The van der Waals surface area contributed by atoms with Crippen LogP contribution in [-0.4, -0.2) is 15.5 Å². The predicted molar refractivity (Wildman–Crippen MR) is 120 cm³/mol. The average Bonchev–Trinajstić information content (AvgIpc) is 2.70. The third-order valence-corrected chi connectivity index (χ3v) is 5.08. The number of rotatable bonds is 4. The molecule has 0 unspecified atom stereocenters. The van der Waals surface area contributed by atoms with Gasteiger partial charge in [0.1, 0.15) is 11.2 Å². The summed E-state index contributed by atoms with van der Waals surface area (Å²) in [4.78, 5) is 30.6. The van der Waals surface area contributed by atoms with E-state index in [-0.39, 0.29) is 12.1 Å². The van der Waals surface area contributed by atoms with E-state index < -0.39 is 11.5 Å². The molecule has 4 aromatic rings. The van der Waals surface area contributed by atoms with Gasteiger partial charge in [-0.25, -0.2) is 4.98 Å². The van der Waals surface area contributed by atoms with Gasteiger partial charge in [0.2, 0.25) is 0 Å².